The fourth-order valence-electron chi connectivity index (χ4n) is 1.74. The number of nitrogens with one attached hydrogen (secondary N) is 2. The van der Waals surface area contributed by atoms with Gasteiger partial charge < -0.3 is 9.47 Å². The van der Waals surface area contributed by atoms with Crippen LogP contribution in [0.3, 0.4) is 0 Å². The van der Waals surface area contributed by atoms with E-state index in [1.54, 1.807) is 0 Å². The number of fused-ring (bicyclic) bond motifs is 1. The van der Waals surface area contributed by atoms with Crippen molar-refractivity contribution in [1.82, 2.24) is 15.2 Å². The van der Waals surface area contributed by atoms with E-state index in [0.29, 0.717) is 23.6 Å². The van der Waals surface area contributed by atoms with Crippen molar-refractivity contribution in [3.63, 3.8) is 0 Å². The van der Waals surface area contributed by atoms with E-state index in [9.17, 15) is 4.79 Å². The third-order valence-corrected chi connectivity index (χ3v) is 2.78. The summed E-state index contributed by atoms with van der Waals surface area (Å²) >= 11 is 4.78. The van der Waals surface area contributed by atoms with Crippen LogP contribution in [-0.2, 0) is 6.42 Å². The molecule has 1 aromatic carbocycles. The van der Waals surface area contributed by atoms with Crippen molar-refractivity contribution in [2.24, 2.45) is 0 Å². The van der Waals surface area contributed by atoms with Gasteiger partial charge in [-0.25, -0.2) is 0 Å². The van der Waals surface area contributed by atoms with E-state index in [4.69, 9.17) is 21.7 Å². The topological polar surface area (TPSA) is 80.0 Å². The van der Waals surface area contributed by atoms with Crippen LogP contribution in [0.2, 0.25) is 0 Å². The minimum atomic E-state index is -0.281. The highest BCUT2D eigenvalue weighted by Crippen LogP contribution is 2.32. The fourth-order valence-corrected chi connectivity index (χ4v) is 1.87. The van der Waals surface area contributed by atoms with Crippen molar-refractivity contribution < 1.29 is 9.47 Å². The lowest BCUT2D eigenvalue weighted by Crippen LogP contribution is -2.16. The molecule has 0 saturated heterocycles. The molecular weight excluding hydrogens is 254 g/mol. The number of aromatic nitrogens is 3. The molecule has 0 amide bonds. The summed E-state index contributed by atoms with van der Waals surface area (Å²) in [7, 11) is 0. The Morgan fingerprint density at radius 2 is 2.17 bits per heavy atom. The first kappa shape index (κ1) is 11.0. The number of rotatable bonds is 2. The maximum atomic E-state index is 11.6. The molecule has 7 heteroatoms. The van der Waals surface area contributed by atoms with E-state index in [0.717, 1.165) is 5.56 Å². The van der Waals surface area contributed by atoms with E-state index >= 15 is 0 Å². The first-order valence-corrected chi connectivity index (χ1v) is 5.69. The minimum Gasteiger partial charge on any atom is -0.454 e. The van der Waals surface area contributed by atoms with Crippen molar-refractivity contribution in [2.45, 2.75) is 6.42 Å². The molecule has 18 heavy (non-hydrogen) atoms. The van der Waals surface area contributed by atoms with Crippen LogP contribution in [-0.4, -0.2) is 22.0 Å². The van der Waals surface area contributed by atoms with Gasteiger partial charge in [0, 0.05) is 6.42 Å². The average Bonchev–Trinajstić information content (AvgIpc) is 2.80. The predicted octanol–water partition coefficient (Wildman–Crippen LogP) is 1.15. The zero-order chi connectivity index (χ0) is 12.5. The molecule has 1 aliphatic rings. The zero-order valence-corrected chi connectivity index (χ0v) is 10.0. The molecule has 0 unspecified atom stereocenters. The normalized spacial score (nSPS) is 12.7. The van der Waals surface area contributed by atoms with Crippen molar-refractivity contribution in [2.75, 3.05) is 6.79 Å². The van der Waals surface area contributed by atoms with Crippen LogP contribution in [0.1, 0.15) is 11.3 Å². The van der Waals surface area contributed by atoms with Gasteiger partial charge in [0.2, 0.25) is 6.79 Å². The molecule has 1 aliphatic heterocycles. The molecule has 6 nitrogen and oxygen atoms in total. The zero-order valence-electron chi connectivity index (χ0n) is 9.23. The molecule has 0 aliphatic carbocycles. The molecule has 0 bridgehead atoms. The second kappa shape index (κ2) is 4.26. The third kappa shape index (κ3) is 2.00. The van der Waals surface area contributed by atoms with Crippen LogP contribution < -0.4 is 15.0 Å². The summed E-state index contributed by atoms with van der Waals surface area (Å²) in [5.74, 6) is 1.40. The Morgan fingerprint density at radius 3 is 3.00 bits per heavy atom. The minimum absolute atomic E-state index is 0.217. The van der Waals surface area contributed by atoms with Crippen LogP contribution in [0.25, 0.3) is 0 Å². The predicted molar refractivity (Wildman–Crippen MR) is 65.4 cm³/mol. The number of nitrogens with zero attached hydrogens (tertiary/aromatic N) is 1. The highest BCUT2D eigenvalue weighted by molar-refractivity contribution is 7.71. The summed E-state index contributed by atoms with van der Waals surface area (Å²) in [5, 5.41) is 6.49. The summed E-state index contributed by atoms with van der Waals surface area (Å²) in [4.78, 5) is 14.1. The van der Waals surface area contributed by atoms with Crippen LogP contribution in [0.15, 0.2) is 23.0 Å². The first-order valence-electron chi connectivity index (χ1n) is 5.29. The second-order valence-corrected chi connectivity index (χ2v) is 4.23. The summed E-state index contributed by atoms with van der Waals surface area (Å²) in [6, 6.07) is 5.53. The Morgan fingerprint density at radius 1 is 1.33 bits per heavy atom. The van der Waals surface area contributed by atoms with Gasteiger partial charge in [0.05, 0.1) is 0 Å². The van der Waals surface area contributed by atoms with Crippen LogP contribution in [0, 0.1) is 4.77 Å². The Bertz CT molecular complexity index is 707. The highest BCUT2D eigenvalue weighted by Gasteiger charge is 2.14. The maximum absolute atomic E-state index is 11.6. The number of hydrogen-bond donors (Lipinski definition) is 2. The smallest absolute Gasteiger partial charge is 0.273 e. The Labute approximate surface area is 107 Å². The SMILES string of the molecule is O=c1[nH]c(=S)[nH]nc1Cc1ccc2c(c1)OCO2. The fraction of sp³-hybridized carbons (Fsp3) is 0.182. The molecule has 0 fully saturated rings. The molecule has 3 rings (SSSR count). The molecule has 0 saturated carbocycles. The largest absolute Gasteiger partial charge is 0.454 e. The quantitative estimate of drug-likeness (QED) is 0.794. The molecule has 92 valence electrons. The van der Waals surface area contributed by atoms with Gasteiger partial charge in [-0.15, -0.1) is 0 Å². The van der Waals surface area contributed by atoms with Gasteiger partial charge in [0.25, 0.3) is 5.56 Å². The van der Waals surface area contributed by atoms with Crippen molar-refractivity contribution in [1.29, 1.82) is 0 Å². The van der Waals surface area contributed by atoms with Gasteiger partial charge in [-0.1, -0.05) is 6.07 Å². The first-order chi connectivity index (χ1) is 8.72. The highest BCUT2D eigenvalue weighted by atomic mass is 32.1. The molecule has 0 radical (unpaired) electrons. The number of ether oxygens (including phenoxy) is 2. The van der Waals surface area contributed by atoms with Crippen molar-refractivity contribution >= 4 is 12.2 Å². The molecule has 0 atom stereocenters. The van der Waals surface area contributed by atoms with Crippen molar-refractivity contribution in [3.05, 3.63) is 44.6 Å². The molecule has 1 aromatic heterocycles. The standard InChI is InChI=1S/C11H9N3O3S/c15-10-7(13-14-11(18)12-10)3-6-1-2-8-9(4-6)17-5-16-8/h1-2,4H,3,5H2,(H2,12,14,15,18). The maximum Gasteiger partial charge on any atom is 0.273 e. The lowest BCUT2D eigenvalue weighted by atomic mass is 10.1. The molecule has 0 spiro atoms. The average molecular weight is 263 g/mol. The van der Waals surface area contributed by atoms with Gasteiger partial charge >= 0.3 is 0 Å². The number of benzene rings is 1. The van der Waals surface area contributed by atoms with Crippen molar-refractivity contribution in [3.8, 4) is 11.5 Å². The Hall–Kier alpha value is -2.15. The number of aromatic amines is 2. The van der Waals surface area contributed by atoms with E-state index in [1.807, 2.05) is 18.2 Å². The Balaban J connectivity index is 1.93. The summed E-state index contributed by atoms with van der Waals surface area (Å²) in [6.45, 7) is 0.232. The van der Waals surface area contributed by atoms with Crippen LogP contribution in [0.4, 0.5) is 0 Å². The second-order valence-electron chi connectivity index (χ2n) is 3.82. The lowest BCUT2D eigenvalue weighted by Gasteiger charge is -2.01. The summed E-state index contributed by atoms with van der Waals surface area (Å²) < 4.78 is 10.7. The molecule has 2 N–H and O–H groups in total. The van der Waals surface area contributed by atoms with Gasteiger partial charge in [0.15, 0.2) is 16.3 Å². The molecule has 2 heterocycles. The summed E-state index contributed by atoms with van der Waals surface area (Å²) in [6.07, 6.45) is 0.401. The monoisotopic (exact) mass is 263 g/mol. The van der Waals surface area contributed by atoms with Gasteiger partial charge in [0.1, 0.15) is 5.69 Å². The Kier molecular flexibility index (Phi) is 2.60. The van der Waals surface area contributed by atoms with E-state index in [1.165, 1.54) is 0 Å². The van der Waals surface area contributed by atoms with Crippen LogP contribution in [0.5, 0.6) is 11.5 Å². The number of hydrogen-bond acceptors (Lipinski definition) is 5. The lowest BCUT2D eigenvalue weighted by molar-refractivity contribution is 0.174. The van der Waals surface area contributed by atoms with E-state index < -0.39 is 0 Å². The molecule has 2 aromatic rings. The van der Waals surface area contributed by atoms with Gasteiger partial charge in [-0.3, -0.25) is 14.9 Å². The molecular formula is C11H9N3O3S. The summed E-state index contributed by atoms with van der Waals surface area (Å²) in [5.41, 5.74) is 1.02. The van der Waals surface area contributed by atoms with Crippen LogP contribution >= 0.6 is 12.2 Å². The number of H-pyrrole nitrogens is 2. The third-order valence-electron chi connectivity index (χ3n) is 2.59. The van der Waals surface area contributed by atoms with Gasteiger partial charge in [-0.05, 0) is 29.9 Å². The van der Waals surface area contributed by atoms with Gasteiger partial charge in [-0.2, -0.15) is 5.10 Å². The van der Waals surface area contributed by atoms with E-state index in [2.05, 4.69) is 15.2 Å². The van der Waals surface area contributed by atoms with E-state index in [-0.39, 0.29) is 17.1 Å².